The highest BCUT2D eigenvalue weighted by Gasteiger charge is 2.47. The van der Waals surface area contributed by atoms with E-state index < -0.39 is 8.07 Å². The predicted octanol–water partition coefficient (Wildman–Crippen LogP) is 3.56. The van der Waals surface area contributed by atoms with Crippen LogP contribution in [0.25, 0.3) is 0 Å². The van der Waals surface area contributed by atoms with E-state index in [2.05, 4.69) is 50.3 Å². The van der Waals surface area contributed by atoms with Gasteiger partial charge in [-0.15, -0.1) is 0 Å². The molecule has 2 fully saturated rings. The Labute approximate surface area is 112 Å². The van der Waals surface area contributed by atoms with Gasteiger partial charge in [0.2, 0.25) is 0 Å². The standard InChI is InChI=1S/C16H24OSi/c1-12(13-9-10-15-16(11-13)17-15)18(2,3)14-7-5-4-6-8-14/h4-8,12-13,15-16H,9-11H2,1-3H3. The van der Waals surface area contributed by atoms with Gasteiger partial charge in [-0.3, -0.25) is 0 Å². The normalized spacial score (nSPS) is 32.7. The van der Waals surface area contributed by atoms with Crippen molar-refractivity contribution in [1.29, 1.82) is 0 Å². The van der Waals surface area contributed by atoms with Crippen molar-refractivity contribution in [3.05, 3.63) is 30.3 Å². The van der Waals surface area contributed by atoms with E-state index in [-0.39, 0.29) is 0 Å². The van der Waals surface area contributed by atoms with E-state index >= 15 is 0 Å². The van der Waals surface area contributed by atoms with Crippen LogP contribution < -0.4 is 5.19 Å². The molecule has 4 unspecified atom stereocenters. The second-order valence-electron chi connectivity index (χ2n) is 6.66. The summed E-state index contributed by atoms with van der Waals surface area (Å²) in [5.41, 5.74) is 0.852. The molecule has 3 rings (SSSR count). The highest BCUT2D eigenvalue weighted by Crippen LogP contribution is 2.46. The van der Waals surface area contributed by atoms with E-state index in [1.165, 1.54) is 19.3 Å². The SMILES string of the molecule is CC(C1CCC2OC2C1)[Si](C)(C)c1ccccc1. The maximum absolute atomic E-state index is 5.69. The fraction of sp³-hybridized carbons (Fsp3) is 0.625. The zero-order valence-electron chi connectivity index (χ0n) is 11.7. The Morgan fingerprint density at radius 2 is 1.83 bits per heavy atom. The molecule has 1 saturated carbocycles. The predicted molar refractivity (Wildman–Crippen MR) is 79.0 cm³/mol. The van der Waals surface area contributed by atoms with E-state index in [9.17, 15) is 0 Å². The summed E-state index contributed by atoms with van der Waals surface area (Å²) in [7, 11) is -1.34. The Balaban J connectivity index is 1.76. The van der Waals surface area contributed by atoms with Crippen LogP contribution in [-0.2, 0) is 4.74 Å². The number of rotatable bonds is 3. The third-order valence-electron chi connectivity index (χ3n) is 5.41. The lowest BCUT2D eigenvalue weighted by Crippen LogP contribution is -2.47. The number of benzene rings is 1. The van der Waals surface area contributed by atoms with Crippen LogP contribution >= 0.6 is 0 Å². The van der Waals surface area contributed by atoms with Gasteiger partial charge in [0.1, 0.15) is 0 Å². The van der Waals surface area contributed by atoms with Crippen LogP contribution in [0.2, 0.25) is 18.6 Å². The average molecular weight is 260 g/mol. The minimum atomic E-state index is -1.34. The van der Waals surface area contributed by atoms with Gasteiger partial charge in [0, 0.05) is 0 Å². The maximum Gasteiger partial charge on any atom is 0.0844 e. The van der Waals surface area contributed by atoms with Crippen molar-refractivity contribution in [2.75, 3.05) is 0 Å². The molecule has 0 radical (unpaired) electrons. The Morgan fingerprint density at radius 3 is 2.50 bits per heavy atom. The molecule has 0 amide bonds. The Bertz CT molecular complexity index is 414. The molecule has 2 aliphatic rings. The molecule has 0 bridgehead atoms. The number of ether oxygens (including phenoxy) is 1. The molecule has 1 heterocycles. The molecular formula is C16H24OSi. The van der Waals surface area contributed by atoms with E-state index in [1.807, 2.05) is 0 Å². The highest BCUT2D eigenvalue weighted by atomic mass is 28.3. The van der Waals surface area contributed by atoms with Gasteiger partial charge in [-0.25, -0.2) is 0 Å². The van der Waals surface area contributed by atoms with Gasteiger partial charge >= 0.3 is 0 Å². The van der Waals surface area contributed by atoms with Crippen molar-refractivity contribution in [1.82, 2.24) is 0 Å². The van der Waals surface area contributed by atoms with Crippen LogP contribution in [0.4, 0.5) is 0 Å². The quantitative estimate of drug-likeness (QED) is 0.598. The third kappa shape index (κ3) is 2.16. The first-order valence-corrected chi connectivity index (χ1v) is 10.4. The van der Waals surface area contributed by atoms with Crippen molar-refractivity contribution < 1.29 is 4.74 Å². The summed E-state index contributed by atoms with van der Waals surface area (Å²) in [6, 6.07) is 11.2. The van der Waals surface area contributed by atoms with Gasteiger partial charge in [0.05, 0.1) is 20.3 Å². The molecule has 1 aliphatic heterocycles. The summed E-state index contributed by atoms with van der Waals surface area (Å²) < 4.78 is 5.69. The summed E-state index contributed by atoms with van der Waals surface area (Å²) in [5, 5.41) is 1.61. The molecule has 0 aromatic heterocycles. The molecule has 1 saturated heterocycles. The average Bonchev–Trinajstić information content (AvgIpc) is 3.17. The smallest absolute Gasteiger partial charge is 0.0844 e. The number of fused-ring (bicyclic) bond motifs is 1. The first-order valence-electron chi connectivity index (χ1n) is 7.30. The summed E-state index contributed by atoms with van der Waals surface area (Å²) in [4.78, 5) is 0. The Morgan fingerprint density at radius 1 is 1.11 bits per heavy atom. The molecular weight excluding hydrogens is 236 g/mol. The lowest BCUT2D eigenvalue weighted by Gasteiger charge is -2.37. The maximum atomic E-state index is 5.69. The lowest BCUT2D eigenvalue weighted by molar-refractivity contribution is 0.355. The zero-order valence-corrected chi connectivity index (χ0v) is 12.7. The van der Waals surface area contributed by atoms with Crippen molar-refractivity contribution in [3.8, 4) is 0 Å². The fourth-order valence-electron chi connectivity index (χ4n) is 3.61. The van der Waals surface area contributed by atoms with Crippen LogP contribution in [0, 0.1) is 5.92 Å². The highest BCUT2D eigenvalue weighted by molar-refractivity contribution is 6.91. The van der Waals surface area contributed by atoms with Crippen LogP contribution in [0.3, 0.4) is 0 Å². The summed E-state index contributed by atoms with van der Waals surface area (Å²) >= 11 is 0. The number of hydrogen-bond donors (Lipinski definition) is 0. The van der Waals surface area contributed by atoms with E-state index in [4.69, 9.17) is 4.74 Å². The molecule has 1 aliphatic carbocycles. The number of epoxide rings is 1. The summed E-state index contributed by atoms with van der Waals surface area (Å²) in [6.07, 6.45) is 5.25. The van der Waals surface area contributed by atoms with Crippen molar-refractivity contribution >= 4 is 13.3 Å². The second-order valence-corrected chi connectivity index (χ2v) is 11.6. The monoisotopic (exact) mass is 260 g/mol. The first kappa shape index (κ1) is 12.4. The molecule has 1 nitrogen and oxygen atoms in total. The molecule has 0 N–H and O–H groups in total. The summed E-state index contributed by atoms with van der Waals surface area (Å²) in [5.74, 6) is 0.885. The zero-order chi connectivity index (χ0) is 12.8. The van der Waals surface area contributed by atoms with Gasteiger partial charge < -0.3 is 4.74 Å². The molecule has 1 aromatic carbocycles. The van der Waals surface area contributed by atoms with E-state index in [0.29, 0.717) is 12.2 Å². The van der Waals surface area contributed by atoms with Gasteiger partial charge in [-0.2, -0.15) is 0 Å². The van der Waals surface area contributed by atoms with Gasteiger partial charge in [0.15, 0.2) is 0 Å². The second kappa shape index (κ2) is 4.50. The molecule has 98 valence electrons. The fourth-order valence-corrected chi connectivity index (χ4v) is 6.67. The van der Waals surface area contributed by atoms with E-state index in [0.717, 1.165) is 11.5 Å². The molecule has 4 atom stereocenters. The van der Waals surface area contributed by atoms with Crippen LogP contribution in [0.5, 0.6) is 0 Å². The van der Waals surface area contributed by atoms with Gasteiger partial charge in [0.25, 0.3) is 0 Å². The largest absolute Gasteiger partial charge is 0.370 e. The molecule has 0 spiro atoms. The third-order valence-corrected chi connectivity index (χ3v) is 9.98. The molecule has 1 aromatic rings. The van der Waals surface area contributed by atoms with Gasteiger partial charge in [-0.1, -0.05) is 55.5 Å². The topological polar surface area (TPSA) is 12.5 Å². The molecule has 2 heteroatoms. The minimum Gasteiger partial charge on any atom is -0.370 e. The van der Waals surface area contributed by atoms with Gasteiger partial charge in [-0.05, 0) is 30.7 Å². The number of hydrogen-bond acceptors (Lipinski definition) is 1. The van der Waals surface area contributed by atoms with Crippen molar-refractivity contribution in [2.24, 2.45) is 5.92 Å². The lowest BCUT2D eigenvalue weighted by atomic mass is 9.87. The van der Waals surface area contributed by atoms with E-state index in [1.54, 1.807) is 5.19 Å². The van der Waals surface area contributed by atoms with Crippen LogP contribution in [0.1, 0.15) is 26.2 Å². The summed E-state index contributed by atoms with van der Waals surface area (Å²) in [6.45, 7) is 7.56. The van der Waals surface area contributed by atoms with Crippen molar-refractivity contribution in [2.45, 2.75) is 57.0 Å². The van der Waals surface area contributed by atoms with Crippen molar-refractivity contribution in [3.63, 3.8) is 0 Å². The Hall–Kier alpha value is -0.603. The molecule has 18 heavy (non-hydrogen) atoms. The minimum absolute atomic E-state index is 0.617. The first-order chi connectivity index (χ1) is 8.59. The van der Waals surface area contributed by atoms with Crippen LogP contribution in [-0.4, -0.2) is 20.3 Å². The Kier molecular flexibility index (Phi) is 3.11. The van der Waals surface area contributed by atoms with Crippen LogP contribution in [0.15, 0.2) is 30.3 Å².